The monoisotopic (exact) mass is 275 g/mol. The van der Waals surface area contributed by atoms with E-state index in [1.165, 1.54) is 19.2 Å². The first-order valence-corrected chi connectivity index (χ1v) is 5.76. The molecule has 4 nitrogen and oxygen atoms in total. The first kappa shape index (κ1) is 14.3. The summed E-state index contributed by atoms with van der Waals surface area (Å²) in [6, 6.07) is 3.05. The Kier molecular flexibility index (Phi) is 4.96. The topological polar surface area (TPSA) is 57.6 Å². The molecule has 0 fully saturated rings. The summed E-state index contributed by atoms with van der Waals surface area (Å²) in [6.07, 6.45) is -0.287. The summed E-state index contributed by atoms with van der Waals surface area (Å²) in [5, 5.41) is 8.44. The van der Waals surface area contributed by atoms with Gasteiger partial charge in [0, 0.05) is 18.0 Å². The number of carboxylic acid groups (broad SMARTS) is 1. The predicted octanol–water partition coefficient (Wildman–Crippen LogP) is 2.18. The SMILES string of the molecule is CN(CC(F)F)C(=O)c1ccc(/C=C/C(=O)O)s1. The van der Waals surface area contributed by atoms with Crippen LogP contribution in [-0.4, -0.2) is 41.9 Å². The summed E-state index contributed by atoms with van der Waals surface area (Å²) in [6.45, 7) is -0.628. The van der Waals surface area contributed by atoms with Gasteiger partial charge in [0.15, 0.2) is 0 Å². The lowest BCUT2D eigenvalue weighted by molar-refractivity contribution is -0.131. The molecule has 0 saturated carbocycles. The lowest BCUT2D eigenvalue weighted by Crippen LogP contribution is -2.30. The fourth-order valence-electron chi connectivity index (χ4n) is 1.19. The zero-order chi connectivity index (χ0) is 13.7. The van der Waals surface area contributed by atoms with Crippen LogP contribution in [0.3, 0.4) is 0 Å². The highest BCUT2D eigenvalue weighted by atomic mass is 32.1. The van der Waals surface area contributed by atoms with Crippen LogP contribution in [0.1, 0.15) is 14.5 Å². The minimum atomic E-state index is -2.58. The van der Waals surface area contributed by atoms with E-state index < -0.39 is 24.8 Å². The number of rotatable bonds is 5. The van der Waals surface area contributed by atoms with Crippen molar-refractivity contribution in [3.8, 4) is 0 Å². The number of nitrogens with zero attached hydrogens (tertiary/aromatic N) is 1. The van der Waals surface area contributed by atoms with Crippen LogP contribution >= 0.6 is 11.3 Å². The van der Waals surface area contributed by atoms with Gasteiger partial charge in [0.25, 0.3) is 12.3 Å². The molecule has 0 atom stereocenters. The van der Waals surface area contributed by atoms with Gasteiger partial charge in [-0.2, -0.15) is 0 Å². The van der Waals surface area contributed by atoms with Gasteiger partial charge in [0.05, 0.1) is 11.4 Å². The molecule has 0 aliphatic rings. The first-order valence-electron chi connectivity index (χ1n) is 4.94. The van der Waals surface area contributed by atoms with Crippen LogP contribution in [0.25, 0.3) is 6.08 Å². The van der Waals surface area contributed by atoms with E-state index in [-0.39, 0.29) is 0 Å². The Balaban J connectivity index is 2.73. The van der Waals surface area contributed by atoms with Crippen LogP contribution in [0.2, 0.25) is 0 Å². The number of amides is 1. The summed E-state index contributed by atoms with van der Waals surface area (Å²) < 4.78 is 24.2. The molecule has 0 radical (unpaired) electrons. The van der Waals surface area contributed by atoms with Crippen LogP contribution in [0.4, 0.5) is 8.78 Å². The maximum Gasteiger partial charge on any atom is 0.328 e. The molecule has 0 saturated heterocycles. The first-order chi connectivity index (χ1) is 8.40. The van der Waals surface area contributed by atoms with Crippen molar-refractivity contribution < 1.29 is 23.5 Å². The molecule has 1 aromatic rings. The Hall–Kier alpha value is -1.76. The molecule has 18 heavy (non-hydrogen) atoms. The van der Waals surface area contributed by atoms with E-state index in [0.717, 1.165) is 22.3 Å². The second kappa shape index (κ2) is 6.25. The molecule has 7 heteroatoms. The summed E-state index contributed by atoms with van der Waals surface area (Å²) in [4.78, 5) is 23.8. The average molecular weight is 275 g/mol. The Morgan fingerprint density at radius 2 is 2.17 bits per heavy atom. The largest absolute Gasteiger partial charge is 0.478 e. The number of aliphatic carboxylic acids is 1. The Morgan fingerprint density at radius 3 is 2.72 bits per heavy atom. The van der Waals surface area contributed by atoms with Crippen molar-refractivity contribution in [2.24, 2.45) is 0 Å². The van der Waals surface area contributed by atoms with Crippen molar-refractivity contribution in [2.45, 2.75) is 6.43 Å². The van der Waals surface area contributed by atoms with Gasteiger partial charge in [-0.1, -0.05) is 0 Å². The number of carboxylic acids is 1. The summed E-state index contributed by atoms with van der Waals surface area (Å²) >= 11 is 1.05. The fraction of sp³-hybridized carbons (Fsp3) is 0.273. The van der Waals surface area contributed by atoms with Crippen LogP contribution in [0.5, 0.6) is 0 Å². The molecule has 0 bridgehead atoms. The average Bonchev–Trinajstić information content (AvgIpc) is 2.72. The van der Waals surface area contributed by atoms with Gasteiger partial charge in [-0.3, -0.25) is 4.79 Å². The molecule has 0 unspecified atom stereocenters. The summed E-state index contributed by atoms with van der Waals surface area (Å²) in [7, 11) is 1.29. The lowest BCUT2D eigenvalue weighted by atomic mass is 10.3. The molecule has 1 N–H and O–H groups in total. The van der Waals surface area contributed by atoms with E-state index in [9.17, 15) is 18.4 Å². The van der Waals surface area contributed by atoms with Gasteiger partial charge in [-0.05, 0) is 18.2 Å². The molecule has 1 rings (SSSR count). The van der Waals surface area contributed by atoms with E-state index in [1.807, 2.05) is 0 Å². The van der Waals surface area contributed by atoms with Crippen molar-refractivity contribution in [2.75, 3.05) is 13.6 Å². The van der Waals surface area contributed by atoms with Gasteiger partial charge in [0.2, 0.25) is 0 Å². The van der Waals surface area contributed by atoms with Gasteiger partial charge < -0.3 is 10.0 Å². The van der Waals surface area contributed by atoms with E-state index in [2.05, 4.69) is 0 Å². The second-order valence-electron chi connectivity index (χ2n) is 3.45. The third-order valence-corrected chi connectivity index (χ3v) is 3.02. The van der Waals surface area contributed by atoms with Crippen molar-refractivity contribution >= 4 is 29.3 Å². The van der Waals surface area contributed by atoms with Crippen LogP contribution < -0.4 is 0 Å². The second-order valence-corrected chi connectivity index (χ2v) is 4.57. The normalized spacial score (nSPS) is 11.1. The van der Waals surface area contributed by atoms with Gasteiger partial charge in [0.1, 0.15) is 0 Å². The van der Waals surface area contributed by atoms with Gasteiger partial charge in [-0.15, -0.1) is 11.3 Å². The molecule has 1 heterocycles. The number of carbonyl (C=O) groups excluding carboxylic acids is 1. The highest BCUT2D eigenvalue weighted by molar-refractivity contribution is 7.14. The maximum absolute atomic E-state index is 12.1. The number of hydrogen-bond acceptors (Lipinski definition) is 3. The minimum absolute atomic E-state index is 0.295. The number of thiophene rings is 1. The molecular weight excluding hydrogens is 264 g/mol. The lowest BCUT2D eigenvalue weighted by Gasteiger charge is -2.14. The van der Waals surface area contributed by atoms with Crippen LogP contribution in [-0.2, 0) is 4.79 Å². The van der Waals surface area contributed by atoms with Crippen molar-refractivity contribution in [1.82, 2.24) is 4.90 Å². The number of carbonyl (C=O) groups is 2. The predicted molar refractivity (Wildman–Crippen MR) is 64.0 cm³/mol. The summed E-state index contributed by atoms with van der Waals surface area (Å²) in [5.74, 6) is -1.60. The van der Waals surface area contributed by atoms with Crippen molar-refractivity contribution in [3.05, 3.63) is 28.0 Å². The van der Waals surface area contributed by atoms with Gasteiger partial charge >= 0.3 is 5.97 Å². The molecule has 1 aromatic heterocycles. The highest BCUT2D eigenvalue weighted by Crippen LogP contribution is 2.19. The summed E-state index contributed by atoms with van der Waals surface area (Å²) in [5.41, 5.74) is 0. The van der Waals surface area contributed by atoms with E-state index in [0.29, 0.717) is 9.75 Å². The number of alkyl halides is 2. The van der Waals surface area contributed by atoms with Crippen LogP contribution in [0, 0.1) is 0 Å². The third-order valence-electron chi connectivity index (χ3n) is 1.99. The van der Waals surface area contributed by atoms with Crippen molar-refractivity contribution in [1.29, 1.82) is 0 Å². The van der Waals surface area contributed by atoms with E-state index in [1.54, 1.807) is 6.07 Å². The Bertz CT molecular complexity index is 471. The molecule has 1 amide bonds. The maximum atomic E-state index is 12.1. The third kappa shape index (κ3) is 4.25. The molecular formula is C11H11F2NO3S. The fourth-order valence-corrected chi connectivity index (χ4v) is 2.09. The number of hydrogen-bond donors (Lipinski definition) is 1. The molecule has 0 aliphatic heterocycles. The highest BCUT2D eigenvalue weighted by Gasteiger charge is 2.17. The Morgan fingerprint density at radius 1 is 1.50 bits per heavy atom. The standard InChI is InChI=1S/C11H11F2NO3S/c1-14(6-9(12)13)11(17)8-4-2-7(18-8)3-5-10(15)16/h2-5,9H,6H2,1H3,(H,15,16)/b5-3+. The quantitative estimate of drug-likeness (QED) is 0.838. The zero-order valence-corrected chi connectivity index (χ0v) is 10.3. The zero-order valence-electron chi connectivity index (χ0n) is 9.47. The van der Waals surface area contributed by atoms with Gasteiger partial charge in [-0.25, -0.2) is 13.6 Å². The van der Waals surface area contributed by atoms with E-state index >= 15 is 0 Å². The molecule has 0 spiro atoms. The Labute approximate surface area is 106 Å². The molecule has 0 aliphatic carbocycles. The van der Waals surface area contributed by atoms with E-state index in [4.69, 9.17) is 5.11 Å². The number of halogens is 2. The van der Waals surface area contributed by atoms with Crippen molar-refractivity contribution in [3.63, 3.8) is 0 Å². The minimum Gasteiger partial charge on any atom is -0.478 e. The molecule has 0 aromatic carbocycles. The smallest absolute Gasteiger partial charge is 0.328 e. The molecule has 98 valence electrons. The van der Waals surface area contributed by atoms with Crippen LogP contribution in [0.15, 0.2) is 18.2 Å².